The van der Waals surface area contributed by atoms with Gasteiger partial charge in [0.15, 0.2) is 6.04 Å². The van der Waals surface area contributed by atoms with Gasteiger partial charge in [-0.3, -0.25) is 10.1 Å². The number of quaternary nitrogens is 1. The molecule has 1 aromatic rings. The van der Waals surface area contributed by atoms with Crippen LogP contribution in [-0.4, -0.2) is 30.6 Å². The molecular weight excluding hydrogens is 310 g/mol. The highest BCUT2D eigenvalue weighted by Crippen LogP contribution is 2.17. The highest BCUT2D eigenvalue weighted by molar-refractivity contribution is 7.09. The molecule has 3 N–H and O–H groups in total. The molecule has 23 heavy (non-hydrogen) atoms. The normalized spacial score (nSPS) is 18.2. The highest BCUT2D eigenvalue weighted by Gasteiger charge is 2.26. The van der Waals surface area contributed by atoms with Crippen LogP contribution in [0.2, 0.25) is 0 Å². The van der Waals surface area contributed by atoms with Crippen molar-refractivity contribution in [2.45, 2.75) is 64.6 Å². The summed E-state index contributed by atoms with van der Waals surface area (Å²) in [5.74, 6) is -0.202. The lowest BCUT2D eigenvalue weighted by Crippen LogP contribution is -3.15. The number of urea groups is 1. The van der Waals surface area contributed by atoms with E-state index in [1.165, 1.54) is 11.3 Å². The second kappa shape index (κ2) is 9.03. The molecule has 0 bridgehead atoms. The Morgan fingerprint density at radius 1 is 1.35 bits per heavy atom. The van der Waals surface area contributed by atoms with Gasteiger partial charge >= 0.3 is 6.03 Å². The summed E-state index contributed by atoms with van der Waals surface area (Å²) in [5, 5.41) is 7.49. The molecule has 1 heterocycles. The first-order valence-electron chi connectivity index (χ1n) is 8.58. The maximum atomic E-state index is 12.3. The summed E-state index contributed by atoms with van der Waals surface area (Å²) >= 11 is 1.70. The Balaban J connectivity index is 1.81. The van der Waals surface area contributed by atoms with Crippen LogP contribution in [0.5, 0.6) is 0 Å². The van der Waals surface area contributed by atoms with Gasteiger partial charge < -0.3 is 10.2 Å². The van der Waals surface area contributed by atoms with Gasteiger partial charge in [-0.15, -0.1) is 11.3 Å². The molecule has 128 valence electrons. The third kappa shape index (κ3) is 5.62. The van der Waals surface area contributed by atoms with Crippen molar-refractivity contribution in [3.05, 3.63) is 22.4 Å². The van der Waals surface area contributed by atoms with Crippen molar-refractivity contribution in [2.24, 2.45) is 0 Å². The lowest BCUT2D eigenvalue weighted by atomic mass is 9.96. The Kier molecular flexibility index (Phi) is 7.05. The molecule has 6 heteroatoms. The second-order valence-corrected chi connectivity index (χ2v) is 7.32. The number of carbonyl (C=O) groups excluding carboxylic acids is 2. The molecule has 0 aliphatic heterocycles. The van der Waals surface area contributed by atoms with Crippen LogP contribution >= 0.6 is 11.3 Å². The molecule has 0 radical (unpaired) electrons. The fourth-order valence-electron chi connectivity index (χ4n) is 3.10. The molecule has 1 unspecified atom stereocenters. The van der Waals surface area contributed by atoms with Gasteiger partial charge in [-0.2, -0.15) is 0 Å². The molecule has 5 nitrogen and oxygen atoms in total. The average Bonchev–Trinajstić information content (AvgIpc) is 3.05. The van der Waals surface area contributed by atoms with Crippen LogP contribution < -0.4 is 15.5 Å². The number of imide groups is 1. The minimum Gasteiger partial charge on any atom is -0.335 e. The van der Waals surface area contributed by atoms with Crippen molar-refractivity contribution < 1.29 is 14.5 Å². The maximum Gasteiger partial charge on any atom is 0.321 e. The molecule has 1 aliphatic rings. The maximum absolute atomic E-state index is 12.3. The molecule has 2 atom stereocenters. The zero-order valence-corrected chi connectivity index (χ0v) is 14.9. The van der Waals surface area contributed by atoms with Crippen LogP contribution in [0.25, 0.3) is 0 Å². The van der Waals surface area contributed by atoms with Crippen molar-refractivity contribution in [1.82, 2.24) is 10.6 Å². The summed E-state index contributed by atoms with van der Waals surface area (Å²) in [7, 11) is 0. The zero-order valence-electron chi connectivity index (χ0n) is 14.1. The third-order valence-electron chi connectivity index (χ3n) is 4.62. The Morgan fingerprint density at radius 2 is 2.09 bits per heavy atom. The van der Waals surface area contributed by atoms with E-state index in [1.54, 1.807) is 11.3 Å². The minimum atomic E-state index is -0.347. The molecule has 0 aromatic carbocycles. The van der Waals surface area contributed by atoms with E-state index in [1.807, 2.05) is 18.4 Å². The number of carbonyl (C=O) groups is 2. The van der Waals surface area contributed by atoms with Crippen molar-refractivity contribution >= 4 is 23.3 Å². The third-order valence-corrected chi connectivity index (χ3v) is 5.49. The predicted octanol–water partition coefficient (Wildman–Crippen LogP) is 1.70. The number of likely N-dealkylation sites (N-methyl/N-ethyl adjacent to an activating group) is 1. The topological polar surface area (TPSA) is 62.6 Å². The van der Waals surface area contributed by atoms with Crippen LogP contribution in [0.15, 0.2) is 17.5 Å². The van der Waals surface area contributed by atoms with Crippen molar-refractivity contribution in [3.8, 4) is 0 Å². The summed E-state index contributed by atoms with van der Waals surface area (Å²) in [6, 6.07) is 3.73. The molecule has 1 fully saturated rings. The van der Waals surface area contributed by atoms with Crippen LogP contribution in [0, 0.1) is 0 Å². The van der Waals surface area contributed by atoms with Gasteiger partial charge in [-0.25, -0.2) is 4.79 Å². The Morgan fingerprint density at radius 3 is 2.70 bits per heavy atom. The summed E-state index contributed by atoms with van der Waals surface area (Å²) in [6.45, 7) is 5.61. The number of thiophene rings is 1. The van der Waals surface area contributed by atoms with Gasteiger partial charge in [0.1, 0.15) is 6.54 Å². The summed E-state index contributed by atoms with van der Waals surface area (Å²) < 4.78 is 0. The van der Waals surface area contributed by atoms with E-state index < -0.39 is 0 Å². The molecule has 3 amide bonds. The highest BCUT2D eigenvalue weighted by atomic mass is 32.1. The van der Waals surface area contributed by atoms with Crippen LogP contribution in [0.3, 0.4) is 0 Å². The largest absolute Gasteiger partial charge is 0.335 e. The van der Waals surface area contributed by atoms with E-state index >= 15 is 0 Å². The van der Waals surface area contributed by atoms with Crippen LogP contribution in [-0.2, 0) is 11.3 Å². The van der Waals surface area contributed by atoms with Gasteiger partial charge in [-0.05, 0) is 38.1 Å². The Labute approximate surface area is 142 Å². The summed E-state index contributed by atoms with van der Waals surface area (Å²) in [6.07, 6.45) is 5.59. The van der Waals surface area contributed by atoms with Crippen molar-refractivity contribution in [2.75, 3.05) is 6.54 Å². The van der Waals surface area contributed by atoms with Gasteiger partial charge in [0.25, 0.3) is 5.91 Å². The smallest absolute Gasteiger partial charge is 0.321 e. The SMILES string of the molecule is CC[NH+](Cc1cccs1)[C@@H](C)C(=O)NC(=O)NC1CCCCC1. The Bertz CT molecular complexity index is 498. The quantitative estimate of drug-likeness (QED) is 0.739. The first-order valence-corrected chi connectivity index (χ1v) is 9.46. The van der Waals surface area contributed by atoms with Gasteiger partial charge in [0, 0.05) is 6.04 Å². The first kappa shape index (κ1) is 17.9. The van der Waals surface area contributed by atoms with Gasteiger partial charge in [0.05, 0.1) is 11.4 Å². The number of hydrogen-bond donors (Lipinski definition) is 3. The Hall–Kier alpha value is -1.40. The lowest BCUT2D eigenvalue weighted by molar-refractivity contribution is -0.925. The fraction of sp³-hybridized carbons (Fsp3) is 0.647. The summed E-state index contributed by atoms with van der Waals surface area (Å²) in [5.41, 5.74) is 0. The van der Waals surface area contributed by atoms with Gasteiger partial charge in [0.2, 0.25) is 0 Å². The molecule has 1 aliphatic carbocycles. The van der Waals surface area contributed by atoms with E-state index in [9.17, 15) is 9.59 Å². The van der Waals surface area contributed by atoms with Crippen LogP contribution in [0.4, 0.5) is 4.79 Å². The fourth-order valence-corrected chi connectivity index (χ4v) is 3.85. The predicted molar refractivity (Wildman–Crippen MR) is 92.5 cm³/mol. The molecule has 0 saturated heterocycles. The molecule has 1 aromatic heterocycles. The number of nitrogens with one attached hydrogen (secondary N) is 3. The number of rotatable bonds is 6. The van der Waals surface area contributed by atoms with Crippen molar-refractivity contribution in [1.29, 1.82) is 0 Å². The summed E-state index contributed by atoms with van der Waals surface area (Å²) in [4.78, 5) is 26.8. The second-order valence-electron chi connectivity index (χ2n) is 6.29. The van der Waals surface area contributed by atoms with E-state index in [2.05, 4.69) is 23.6 Å². The first-order chi connectivity index (χ1) is 11.1. The zero-order chi connectivity index (χ0) is 16.7. The monoisotopic (exact) mass is 338 g/mol. The van der Waals surface area contributed by atoms with Crippen LogP contribution in [0.1, 0.15) is 50.8 Å². The molecule has 2 rings (SSSR count). The molecule has 0 spiro atoms. The number of hydrogen-bond acceptors (Lipinski definition) is 3. The molecule has 1 saturated carbocycles. The lowest BCUT2D eigenvalue weighted by Gasteiger charge is -2.25. The molecular formula is C17H28N3O2S+. The average molecular weight is 338 g/mol. The van der Waals surface area contributed by atoms with E-state index in [0.29, 0.717) is 0 Å². The van der Waals surface area contributed by atoms with Gasteiger partial charge in [-0.1, -0.05) is 25.3 Å². The van der Waals surface area contributed by atoms with E-state index in [4.69, 9.17) is 0 Å². The van der Waals surface area contributed by atoms with Crippen molar-refractivity contribution in [3.63, 3.8) is 0 Å². The minimum absolute atomic E-state index is 0.202. The standard InChI is InChI=1S/C17H27N3O2S/c1-3-20(12-15-10-7-11-23-15)13(2)16(21)19-17(22)18-14-8-5-4-6-9-14/h7,10-11,13-14H,3-6,8-9,12H2,1-2H3,(H2,18,19,21,22)/p+1/t13-/m0/s1. The van der Waals surface area contributed by atoms with E-state index in [0.717, 1.165) is 43.7 Å². The number of amides is 3. The van der Waals surface area contributed by atoms with E-state index in [-0.39, 0.29) is 24.0 Å².